The molecule has 0 rings (SSSR count). The molecule has 0 amide bonds. The first-order valence-electron chi connectivity index (χ1n) is 32.0. The standard InChI is InChI=1S/C66H122O6/c1-4-7-10-13-16-19-21-23-24-25-26-27-28-29-30-31-32-33-34-35-36-37-38-39-40-41-42-44-45-47-50-53-56-59-65(68)71-62-63(61-70-64(67)58-55-52-49-18-15-12-9-6-3)72-66(69)60-57-54-51-48-46-43-22-20-17-14-11-8-5-2/h8,11,17,20,43,46,63H,4-7,9-10,12-16,18-19,21-42,44-45,47-62H2,1-3H3/b11-8-,20-17-,46-43-. The zero-order valence-electron chi connectivity index (χ0n) is 48.5. The molecular formula is C66H122O6. The lowest BCUT2D eigenvalue weighted by molar-refractivity contribution is -0.167. The second kappa shape index (κ2) is 61.2. The maximum Gasteiger partial charge on any atom is 0.306 e. The molecule has 0 N–H and O–H groups in total. The molecule has 0 aromatic carbocycles. The number of carbonyl (C=O) groups excluding carboxylic acids is 3. The molecule has 0 spiro atoms. The van der Waals surface area contributed by atoms with E-state index in [9.17, 15) is 14.4 Å². The van der Waals surface area contributed by atoms with Crippen molar-refractivity contribution in [3.63, 3.8) is 0 Å². The molecule has 1 atom stereocenters. The van der Waals surface area contributed by atoms with Crippen LogP contribution in [0, 0.1) is 0 Å². The van der Waals surface area contributed by atoms with Crippen LogP contribution in [0.2, 0.25) is 0 Å². The van der Waals surface area contributed by atoms with Crippen molar-refractivity contribution in [2.24, 2.45) is 0 Å². The number of esters is 3. The van der Waals surface area contributed by atoms with Crippen LogP contribution in [0.1, 0.15) is 348 Å². The summed E-state index contributed by atoms with van der Waals surface area (Å²) in [7, 11) is 0. The first kappa shape index (κ1) is 69.6. The third-order valence-electron chi connectivity index (χ3n) is 14.4. The summed E-state index contributed by atoms with van der Waals surface area (Å²) < 4.78 is 16.8. The van der Waals surface area contributed by atoms with Gasteiger partial charge in [0, 0.05) is 19.3 Å². The Bertz CT molecular complexity index is 1210. The van der Waals surface area contributed by atoms with Crippen molar-refractivity contribution in [2.45, 2.75) is 354 Å². The molecule has 0 bridgehead atoms. The molecule has 0 radical (unpaired) electrons. The molecule has 0 aliphatic heterocycles. The van der Waals surface area contributed by atoms with E-state index in [1.807, 2.05) is 0 Å². The van der Waals surface area contributed by atoms with Gasteiger partial charge in [0.05, 0.1) is 0 Å². The number of hydrogen-bond acceptors (Lipinski definition) is 6. The van der Waals surface area contributed by atoms with Gasteiger partial charge in [0.15, 0.2) is 6.10 Å². The predicted octanol–water partition coefficient (Wildman–Crippen LogP) is 21.6. The number of ether oxygens (including phenoxy) is 3. The van der Waals surface area contributed by atoms with Crippen molar-refractivity contribution in [3.8, 4) is 0 Å². The number of carbonyl (C=O) groups is 3. The second-order valence-corrected chi connectivity index (χ2v) is 21.7. The van der Waals surface area contributed by atoms with E-state index in [2.05, 4.69) is 57.2 Å². The summed E-state index contributed by atoms with van der Waals surface area (Å²) in [5, 5.41) is 0. The average molecular weight is 1010 g/mol. The van der Waals surface area contributed by atoms with Gasteiger partial charge in [-0.1, -0.05) is 314 Å². The highest BCUT2D eigenvalue weighted by atomic mass is 16.6. The summed E-state index contributed by atoms with van der Waals surface area (Å²) >= 11 is 0. The minimum absolute atomic E-state index is 0.0800. The van der Waals surface area contributed by atoms with Gasteiger partial charge < -0.3 is 14.2 Å². The van der Waals surface area contributed by atoms with E-state index in [1.54, 1.807) is 0 Å². The Morgan fingerprint density at radius 3 is 0.847 bits per heavy atom. The van der Waals surface area contributed by atoms with Crippen LogP contribution in [0.15, 0.2) is 36.5 Å². The number of allylic oxidation sites excluding steroid dienone is 6. The largest absolute Gasteiger partial charge is 0.462 e. The lowest BCUT2D eigenvalue weighted by atomic mass is 10.0. The maximum absolute atomic E-state index is 12.8. The van der Waals surface area contributed by atoms with Gasteiger partial charge in [0.1, 0.15) is 13.2 Å². The lowest BCUT2D eigenvalue weighted by Gasteiger charge is -2.18. The van der Waals surface area contributed by atoms with E-state index in [0.717, 1.165) is 83.5 Å². The number of unbranched alkanes of at least 4 members (excludes halogenated alkanes) is 42. The molecule has 0 aliphatic rings. The summed E-state index contributed by atoms with van der Waals surface area (Å²) in [6, 6.07) is 0. The fourth-order valence-corrected chi connectivity index (χ4v) is 9.64. The van der Waals surface area contributed by atoms with Crippen molar-refractivity contribution in [1.82, 2.24) is 0 Å². The minimum atomic E-state index is -0.782. The van der Waals surface area contributed by atoms with Gasteiger partial charge in [-0.2, -0.15) is 0 Å². The quantitative estimate of drug-likeness (QED) is 0.0261. The van der Waals surface area contributed by atoms with E-state index in [4.69, 9.17) is 14.2 Å². The van der Waals surface area contributed by atoms with Crippen molar-refractivity contribution in [3.05, 3.63) is 36.5 Å². The van der Waals surface area contributed by atoms with Crippen LogP contribution in [0.5, 0.6) is 0 Å². The summed E-state index contributed by atoms with van der Waals surface area (Å²) in [6.45, 7) is 6.51. The topological polar surface area (TPSA) is 78.9 Å². The highest BCUT2D eigenvalue weighted by Crippen LogP contribution is 2.18. The Kier molecular flexibility index (Phi) is 59.2. The van der Waals surface area contributed by atoms with Gasteiger partial charge in [-0.3, -0.25) is 14.4 Å². The van der Waals surface area contributed by atoms with Crippen molar-refractivity contribution in [1.29, 1.82) is 0 Å². The number of rotatable bonds is 59. The predicted molar refractivity (Wildman–Crippen MR) is 312 cm³/mol. The van der Waals surface area contributed by atoms with Crippen LogP contribution in [0.4, 0.5) is 0 Å². The molecule has 6 nitrogen and oxygen atoms in total. The van der Waals surface area contributed by atoms with E-state index in [-0.39, 0.29) is 31.1 Å². The molecule has 1 unspecified atom stereocenters. The van der Waals surface area contributed by atoms with Crippen LogP contribution in [0.25, 0.3) is 0 Å². The molecule has 6 heteroatoms. The molecule has 0 saturated heterocycles. The Morgan fingerprint density at radius 1 is 0.292 bits per heavy atom. The summed E-state index contributed by atoms with van der Waals surface area (Å²) in [6.07, 6.45) is 75.0. The fourth-order valence-electron chi connectivity index (χ4n) is 9.64. The van der Waals surface area contributed by atoms with Crippen molar-refractivity contribution in [2.75, 3.05) is 13.2 Å². The zero-order valence-corrected chi connectivity index (χ0v) is 48.5. The summed E-state index contributed by atoms with van der Waals surface area (Å²) in [5.41, 5.74) is 0. The Labute approximate surface area is 448 Å². The van der Waals surface area contributed by atoms with Crippen molar-refractivity contribution >= 4 is 17.9 Å². The van der Waals surface area contributed by atoms with Crippen LogP contribution in [0.3, 0.4) is 0 Å². The highest BCUT2D eigenvalue weighted by molar-refractivity contribution is 5.71. The molecule has 72 heavy (non-hydrogen) atoms. The van der Waals surface area contributed by atoms with Crippen LogP contribution >= 0.6 is 0 Å². The van der Waals surface area contributed by atoms with Gasteiger partial charge in [-0.05, 0) is 51.4 Å². The first-order chi connectivity index (χ1) is 35.5. The fraction of sp³-hybridized carbons (Fsp3) is 0.864. The Hall–Kier alpha value is -2.37. The number of hydrogen-bond donors (Lipinski definition) is 0. The molecule has 0 aliphatic carbocycles. The van der Waals surface area contributed by atoms with E-state index >= 15 is 0 Å². The van der Waals surface area contributed by atoms with Gasteiger partial charge in [0.2, 0.25) is 0 Å². The van der Waals surface area contributed by atoms with Crippen LogP contribution in [-0.2, 0) is 28.6 Å². The van der Waals surface area contributed by atoms with Gasteiger partial charge in [-0.25, -0.2) is 0 Å². The SMILES string of the molecule is CC/C=C\C/C=C\C/C=C\CCCCCC(=O)OC(COC(=O)CCCCCCCCCC)COC(=O)CCCCCCCCCCCCCCCCCCCCCCCCCCCCCCCCCCC. The zero-order chi connectivity index (χ0) is 52.2. The monoisotopic (exact) mass is 1010 g/mol. The molecule has 0 heterocycles. The Morgan fingerprint density at radius 2 is 0.542 bits per heavy atom. The molecule has 422 valence electrons. The summed E-state index contributed by atoms with van der Waals surface area (Å²) in [4.78, 5) is 38.0. The third-order valence-corrected chi connectivity index (χ3v) is 14.4. The molecule has 0 saturated carbocycles. The van der Waals surface area contributed by atoms with Crippen LogP contribution in [-0.4, -0.2) is 37.2 Å². The lowest BCUT2D eigenvalue weighted by Crippen LogP contribution is -2.30. The maximum atomic E-state index is 12.8. The second-order valence-electron chi connectivity index (χ2n) is 21.7. The molecule has 0 fully saturated rings. The minimum Gasteiger partial charge on any atom is -0.462 e. The van der Waals surface area contributed by atoms with Gasteiger partial charge in [-0.15, -0.1) is 0 Å². The van der Waals surface area contributed by atoms with E-state index < -0.39 is 6.10 Å². The molecular weight excluding hydrogens is 889 g/mol. The van der Waals surface area contributed by atoms with Gasteiger partial charge >= 0.3 is 17.9 Å². The summed E-state index contributed by atoms with van der Waals surface area (Å²) in [5.74, 6) is -0.898. The first-order valence-corrected chi connectivity index (χ1v) is 32.0. The van der Waals surface area contributed by atoms with Crippen LogP contribution < -0.4 is 0 Å². The van der Waals surface area contributed by atoms with Gasteiger partial charge in [0.25, 0.3) is 0 Å². The molecule has 0 aromatic heterocycles. The third kappa shape index (κ3) is 58.5. The van der Waals surface area contributed by atoms with E-state index in [1.165, 1.54) is 225 Å². The average Bonchev–Trinajstić information content (AvgIpc) is 3.38. The van der Waals surface area contributed by atoms with Crippen molar-refractivity contribution < 1.29 is 28.6 Å². The van der Waals surface area contributed by atoms with E-state index in [0.29, 0.717) is 19.3 Å². The smallest absolute Gasteiger partial charge is 0.306 e. The highest BCUT2D eigenvalue weighted by Gasteiger charge is 2.19. The molecule has 0 aromatic rings. The normalized spacial score (nSPS) is 12.2. The Balaban J connectivity index is 3.94.